The van der Waals surface area contributed by atoms with Gasteiger partial charge < -0.3 is 14.2 Å². The summed E-state index contributed by atoms with van der Waals surface area (Å²) in [6.45, 7) is 6.45. The first-order valence-corrected chi connectivity index (χ1v) is 31.4. The number of hydrogen-bond acceptors (Lipinski definition) is 6. The van der Waals surface area contributed by atoms with Crippen molar-refractivity contribution in [2.24, 2.45) is 0 Å². The lowest BCUT2D eigenvalue weighted by molar-refractivity contribution is -0.166. The molecule has 0 spiro atoms. The maximum atomic E-state index is 12.9. The molecule has 0 aliphatic carbocycles. The minimum absolute atomic E-state index is 0.106. The van der Waals surface area contributed by atoms with E-state index >= 15 is 0 Å². The fourth-order valence-corrected chi connectivity index (χ4v) is 8.55. The number of rotatable bonds is 56. The molecule has 0 heterocycles. The summed E-state index contributed by atoms with van der Waals surface area (Å²) in [4.78, 5) is 38.3. The summed E-state index contributed by atoms with van der Waals surface area (Å²) < 4.78 is 16.9. The van der Waals surface area contributed by atoms with Crippen LogP contribution < -0.4 is 0 Å². The quantitative estimate of drug-likeness (QED) is 0.0261. The number of ether oxygens (including phenoxy) is 3. The van der Waals surface area contributed by atoms with E-state index in [-0.39, 0.29) is 37.5 Å². The fourth-order valence-electron chi connectivity index (χ4n) is 8.55. The maximum absolute atomic E-state index is 12.9. The van der Waals surface area contributed by atoms with Crippen molar-refractivity contribution in [1.29, 1.82) is 0 Å². The van der Waals surface area contributed by atoms with Crippen LogP contribution in [0.5, 0.6) is 0 Å². The Kier molecular flexibility index (Phi) is 59.3. The molecule has 0 rings (SSSR count). The minimum atomic E-state index is -0.815. The lowest BCUT2D eigenvalue weighted by Gasteiger charge is -2.18. The van der Waals surface area contributed by atoms with Crippen molar-refractivity contribution in [3.05, 3.63) is 109 Å². The molecule has 0 amide bonds. The monoisotopic (exact) mass is 1040 g/mol. The van der Waals surface area contributed by atoms with Gasteiger partial charge in [-0.05, 0) is 116 Å². The van der Waals surface area contributed by atoms with Gasteiger partial charge in [0, 0.05) is 19.3 Å². The highest BCUT2D eigenvalue weighted by Gasteiger charge is 2.19. The van der Waals surface area contributed by atoms with Crippen LogP contribution in [0.2, 0.25) is 0 Å². The van der Waals surface area contributed by atoms with E-state index in [0.717, 1.165) is 89.9 Å². The van der Waals surface area contributed by atoms with E-state index in [1.807, 2.05) is 6.08 Å². The summed E-state index contributed by atoms with van der Waals surface area (Å²) in [5.74, 6) is -0.995. The zero-order chi connectivity index (χ0) is 54.3. The standard InChI is InChI=1S/C69H116O6/c1-4-7-10-13-16-19-22-25-28-31-33-34-36-39-42-45-48-51-54-57-60-63-69(72)75-66(64-73-67(70)61-58-55-52-49-46-43-40-37-30-27-24-21-18-15-12-9-6-3)65-74-68(71)62-59-56-53-50-47-44-41-38-35-32-29-26-23-20-17-14-11-8-5-2/h8,11,17-18,20-21,25-30,35,38,44,47,53,56,66H,4-7,9-10,12-16,19,22-24,31-34,36-37,39-43,45-46,48-52,54-55,57-65H2,1-3H3/b11-8-,20-17-,21-18-,28-25-,29-26-,30-27-,38-35-,47-44-,56-53-/t66-/m0/s1. The van der Waals surface area contributed by atoms with Gasteiger partial charge in [-0.2, -0.15) is 0 Å². The first kappa shape index (κ1) is 71.1. The van der Waals surface area contributed by atoms with Crippen molar-refractivity contribution in [3.63, 3.8) is 0 Å². The molecule has 0 bridgehead atoms. The van der Waals surface area contributed by atoms with Crippen LogP contribution in [0.3, 0.4) is 0 Å². The van der Waals surface area contributed by atoms with E-state index in [4.69, 9.17) is 14.2 Å². The average molecular weight is 1040 g/mol. The van der Waals surface area contributed by atoms with Gasteiger partial charge >= 0.3 is 17.9 Å². The first-order valence-electron chi connectivity index (χ1n) is 31.4. The number of esters is 3. The van der Waals surface area contributed by atoms with E-state index in [1.54, 1.807) is 0 Å². The van der Waals surface area contributed by atoms with Crippen LogP contribution >= 0.6 is 0 Å². The Bertz CT molecular complexity index is 1520. The Morgan fingerprint density at radius 3 is 0.933 bits per heavy atom. The topological polar surface area (TPSA) is 78.9 Å². The van der Waals surface area contributed by atoms with Gasteiger partial charge in [0.25, 0.3) is 0 Å². The number of allylic oxidation sites excluding steroid dienone is 18. The lowest BCUT2D eigenvalue weighted by atomic mass is 10.0. The van der Waals surface area contributed by atoms with Gasteiger partial charge in [-0.25, -0.2) is 0 Å². The van der Waals surface area contributed by atoms with Gasteiger partial charge in [-0.3, -0.25) is 14.4 Å². The summed E-state index contributed by atoms with van der Waals surface area (Å²) in [6.07, 6.45) is 85.3. The zero-order valence-electron chi connectivity index (χ0n) is 49.0. The van der Waals surface area contributed by atoms with Crippen LogP contribution in [0, 0.1) is 0 Å². The Morgan fingerprint density at radius 2 is 0.547 bits per heavy atom. The number of unbranched alkanes of at least 4 members (excludes halogenated alkanes) is 27. The number of carbonyl (C=O) groups excluding carboxylic acids is 3. The largest absolute Gasteiger partial charge is 0.462 e. The third-order valence-electron chi connectivity index (χ3n) is 13.2. The van der Waals surface area contributed by atoms with Crippen molar-refractivity contribution < 1.29 is 28.6 Å². The lowest BCUT2D eigenvalue weighted by Crippen LogP contribution is -2.30. The van der Waals surface area contributed by atoms with Crippen molar-refractivity contribution in [1.82, 2.24) is 0 Å². The summed E-state index contributed by atoms with van der Waals surface area (Å²) in [5, 5.41) is 0. The van der Waals surface area contributed by atoms with E-state index in [0.29, 0.717) is 19.3 Å². The van der Waals surface area contributed by atoms with Gasteiger partial charge in [0.1, 0.15) is 13.2 Å². The summed E-state index contributed by atoms with van der Waals surface area (Å²) in [5.41, 5.74) is 0. The summed E-state index contributed by atoms with van der Waals surface area (Å²) in [7, 11) is 0. The van der Waals surface area contributed by atoms with Crippen LogP contribution in [0.1, 0.15) is 290 Å². The van der Waals surface area contributed by atoms with Gasteiger partial charge in [-0.15, -0.1) is 0 Å². The molecule has 75 heavy (non-hydrogen) atoms. The van der Waals surface area contributed by atoms with Crippen LogP contribution in [0.4, 0.5) is 0 Å². The van der Waals surface area contributed by atoms with Crippen molar-refractivity contribution in [2.75, 3.05) is 13.2 Å². The van der Waals surface area contributed by atoms with E-state index in [9.17, 15) is 14.4 Å². The van der Waals surface area contributed by atoms with E-state index < -0.39 is 6.10 Å². The normalized spacial score (nSPS) is 12.8. The molecule has 0 aromatic rings. The predicted octanol–water partition coefficient (Wildman–Crippen LogP) is 21.4. The third kappa shape index (κ3) is 60.8. The minimum Gasteiger partial charge on any atom is -0.462 e. The van der Waals surface area contributed by atoms with Crippen LogP contribution in [-0.2, 0) is 28.6 Å². The molecule has 6 nitrogen and oxygen atoms in total. The van der Waals surface area contributed by atoms with Crippen LogP contribution in [0.25, 0.3) is 0 Å². The number of hydrogen-bond donors (Lipinski definition) is 0. The first-order chi connectivity index (χ1) is 37.0. The molecule has 0 saturated heterocycles. The highest BCUT2D eigenvalue weighted by atomic mass is 16.6. The van der Waals surface area contributed by atoms with Gasteiger partial charge in [-0.1, -0.05) is 265 Å². The molecule has 0 aliphatic heterocycles. The van der Waals surface area contributed by atoms with Gasteiger partial charge in [0.15, 0.2) is 6.10 Å². The maximum Gasteiger partial charge on any atom is 0.306 e. The summed E-state index contributed by atoms with van der Waals surface area (Å²) in [6, 6.07) is 0. The smallest absolute Gasteiger partial charge is 0.306 e. The SMILES string of the molecule is CC/C=C\C/C=C\C/C=C\C/C=C\C/C=C\C/C=C\CCC(=O)OC[C@H](COC(=O)CCCCCCCCC/C=C\C/C=C\CCCCC)OC(=O)CCCCCCCCCCCCC/C=C\CCCCCCCC. The zero-order valence-corrected chi connectivity index (χ0v) is 49.0. The molecular weight excluding hydrogens is 925 g/mol. The Balaban J connectivity index is 4.49. The number of carbonyl (C=O) groups is 3. The third-order valence-corrected chi connectivity index (χ3v) is 13.2. The van der Waals surface area contributed by atoms with Crippen molar-refractivity contribution >= 4 is 17.9 Å². The van der Waals surface area contributed by atoms with Crippen LogP contribution in [0.15, 0.2) is 109 Å². The second kappa shape index (κ2) is 62.6. The van der Waals surface area contributed by atoms with E-state index in [1.165, 1.54) is 154 Å². The molecule has 0 aromatic heterocycles. The molecule has 0 N–H and O–H groups in total. The van der Waals surface area contributed by atoms with Gasteiger partial charge in [0.2, 0.25) is 0 Å². The Hall–Kier alpha value is -3.93. The molecule has 1 atom stereocenters. The molecule has 0 radical (unpaired) electrons. The van der Waals surface area contributed by atoms with Crippen molar-refractivity contribution in [3.8, 4) is 0 Å². The average Bonchev–Trinajstić information content (AvgIpc) is 3.41. The Morgan fingerprint density at radius 1 is 0.280 bits per heavy atom. The molecule has 0 aromatic carbocycles. The molecule has 0 fully saturated rings. The molecular formula is C69H116O6. The molecule has 6 heteroatoms. The Labute approximate surface area is 463 Å². The van der Waals surface area contributed by atoms with Crippen molar-refractivity contribution in [2.45, 2.75) is 297 Å². The second-order valence-corrected chi connectivity index (χ2v) is 20.6. The fraction of sp³-hybridized carbons (Fsp3) is 0.696. The predicted molar refractivity (Wildman–Crippen MR) is 325 cm³/mol. The van der Waals surface area contributed by atoms with Gasteiger partial charge in [0.05, 0.1) is 0 Å². The highest BCUT2D eigenvalue weighted by Crippen LogP contribution is 2.15. The molecule has 0 unspecified atom stereocenters. The summed E-state index contributed by atoms with van der Waals surface area (Å²) >= 11 is 0. The molecule has 428 valence electrons. The highest BCUT2D eigenvalue weighted by molar-refractivity contribution is 5.71. The second-order valence-electron chi connectivity index (χ2n) is 20.6. The molecule has 0 aliphatic rings. The van der Waals surface area contributed by atoms with E-state index in [2.05, 4.69) is 124 Å². The van der Waals surface area contributed by atoms with Crippen LogP contribution in [-0.4, -0.2) is 37.2 Å². The molecule has 0 saturated carbocycles.